The molecule has 4 aromatic rings. The fraction of sp³-hybridized carbons (Fsp3) is 0.105. The van der Waals surface area contributed by atoms with Gasteiger partial charge in [0.25, 0.3) is 5.56 Å². The maximum Gasteiger partial charge on any atom is 0.416 e. The highest BCUT2D eigenvalue weighted by Crippen LogP contribution is 2.35. The van der Waals surface area contributed by atoms with E-state index in [9.17, 15) is 50.2 Å². The molecule has 0 aliphatic carbocycles. The number of aromatic amines is 3. The van der Waals surface area contributed by atoms with Gasteiger partial charge in [0.2, 0.25) is 5.82 Å². The van der Waals surface area contributed by atoms with Crippen molar-refractivity contribution in [2.24, 2.45) is 0 Å². The molecule has 2 aromatic carbocycles. The third kappa shape index (κ3) is 5.02. The summed E-state index contributed by atoms with van der Waals surface area (Å²) in [5.74, 6) is -1.62. The largest absolute Gasteiger partial charge is 0.506 e. The van der Waals surface area contributed by atoms with Gasteiger partial charge in [-0.05, 0) is 36.4 Å². The lowest BCUT2D eigenvalue weighted by atomic mass is 10.1. The molecule has 0 aliphatic rings. The number of aromatic nitrogens is 4. The number of phenolic OH excluding ortho intramolecular Hbond substituents is 1. The van der Waals surface area contributed by atoms with E-state index >= 15 is 0 Å². The SMILES string of the molecule is O=c1[nH]c2cc(C(F)(F)F)ccc2n1-c1cc(C(F)(F)F)ccc1O.O=c1[nH]cc(F)c(=O)[nH]1. The van der Waals surface area contributed by atoms with Gasteiger partial charge in [-0.15, -0.1) is 0 Å². The minimum atomic E-state index is -4.72. The summed E-state index contributed by atoms with van der Waals surface area (Å²) < 4.78 is 89.4. The van der Waals surface area contributed by atoms with Crippen LogP contribution in [0.5, 0.6) is 5.75 Å². The second kappa shape index (κ2) is 8.57. The number of hydrogen-bond donors (Lipinski definition) is 4. The van der Waals surface area contributed by atoms with Crippen molar-refractivity contribution >= 4 is 11.0 Å². The highest BCUT2D eigenvalue weighted by molar-refractivity contribution is 5.79. The van der Waals surface area contributed by atoms with Crippen molar-refractivity contribution in [3.8, 4) is 11.4 Å². The van der Waals surface area contributed by atoms with Crippen LogP contribution in [0.1, 0.15) is 11.1 Å². The zero-order valence-electron chi connectivity index (χ0n) is 16.3. The minimum Gasteiger partial charge on any atom is -0.506 e. The normalized spacial score (nSPS) is 11.9. The molecule has 0 fully saturated rings. The number of aromatic hydroxyl groups is 1. The van der Waals surface area contributed by atoms with Gasteiger partial charge in [-0.25, -0.2) is 9.59 Å². The first-order valence-corrected chi connectivity index (χ1v) is 8.88. The van der Waals surface area contributed by atoms with E-state index in [1.165, 1.54) is 0 Å². The molecule has 0 aliphatic heterocycles. The summed E-state index contributed by atoms with van der Waals surface area (Å²) in [6.45, 7) is 0. The molecule has 0 radical (unpaired) electrons. The smallest absolute Gasteiger partial charge is 0.416 e. The number of imidazole rings is 1. The van der Waals surface area contributed by atoms with E-state index < -0.39 is 57.7 Å². The standard InChI is InChI=1S/C15H8F6N2O2.C4H3FN2O2/c16-14(17,18)7-1-3-10-9(5-7)22-13(25)23(10)11-6-8(15(19,20)21)2-4-12(11)24;5-2-1-6-4(9)7-3(2)8/h1-6,24H,(H,22,25);1H,(H2,6,7,8,9). The van der Waals surface area contributed by atoms with Crippen LogP contribution >= 0.6 is 0 Å². The molecule has 4 N–H and O–H groups in total. The number of hydrogen-bond acceptors (Lipinski definition) is 4. The third-order valence-electron chi connectivity index (χ3n) is 4.33. The van der Waals surface area contributed by atoms with E-state index in [4.69, 9.17) is 0 Å². The predicted molar refractivity (Wildman–Crippen MR) is 103 cm³/mol. The highest BCUT2D eigenvalue weighted by atomic mass is 19.4. The van der Waals surface area contributed by atoms with Crippen LogP contribution in [0.2, 0.25) is 0 Å². The van der Waals surface area contributed by atoms with Crippen molar-refractivity contribution in [1.82, 2.24) is 19.5 Å². The van der Waals surface area contributed by atoms with Gasteiger partial charge in [-0.3, -0.25) is 14.3 Å². The molecule has 2 aromatic heterocycles. The van der Waals surface area contributed by atoms with Gasteiger partial charge in [-0.1, -0.05) is 0 Å². The van der Waals surface area contributed by atoms with Crippen molar-refractivity contribution in [2.75, 3.05) is 0 Å². The molecular weight excluding hydrogens is 481 g/mol. The molecule has 0 bridgehead atoms. The Bertz CT molecular complexity index is 1530. The molecule has 0 amide bonds. The summed E-state index contributed by atoms with van der Waals surface area (Å²) in [5.41, 5.74) is -5.66. The second-order valence-electron chi connectivity index (χ2n) is 6.62. The van der Waals surface area contributed by atoms with E-state index in [1.807, 2.05) is 4.98 Å². The molecule has 0 spiro atoms. The molecule has 8 nitrogen and oxygen atoms in total. The lowest BCUT2D eigenvalue weighted by molar-refractivity contribution is -0.138. The first-order valence-electron chi connectivity index (χ1n) is 8.88. The molecule has 4 rings (SSSR count). The first-order chi connectivity index (χ1) is 15.7. The molecule has 180 valence electrons. The van der Waals surface area contributed by atoms with Gasteiger partial charge < -0.3 is 15.1 Å². The summed E-state index contributed by atoms with van der Waals surface area (Å²) in [7, 11) is 0. The zero-order valence-corrected chi connectivity index (χ0v) is 16.3. The minimum absolute atomic E-state index is 0.104. The Hall–Kier alpha value is -4.30. The Morgan fingerprint density at radius 1 is 0.824 bits per heavy atom. The Labute approximate surface area is 181 Å². The molecule has 34 heavy (non-hydrogen) atoms. The summed E-state index contributed by atoms with van der Waals surface area (Å²) in [5, 5.41) is 9.82. The van der Waals surface area contributed by atoms with Crippen LogP contribution in [0.3, 0.4) is 0 Å². The van der Waals surface area contributed by atoms with Crippen LogP contribution in [-0.4, -0.2) is 24.6 Å². The van der Waals surface area contributed by atoms with E-state index in [0.29, 0.717) is 35.0 Å². The van der Waals surface area contributed by atoms with Gasteiger partial charge in [0, 0.05) is 6.20 Å². The number of rotatable bonds is 1. The van der Waals surface area contributed by atoms with E-state index in [-0.39, 0.29) is 11.0 Å². The molecule has 15 heteroatoms. The lowest BCUT2D eigenvalue weighted by Gasteiger charge is -2.11. The average molecular weight is 492 g/mol. The topological polar surface area (TPSA) is 124 Å². The molecule has 0 saturated heterocycles. The first kappa shape index (κ1) is 24.3. The van der Waals surface area contributed by atoms with Crippen molar-refractivity contribution in [3.63, 3.8) is 0 Å². The van der Waals surface area contributed by atoms with Gasteiger partial charge in [-0.2, -0.15) is 30.7 Å². The van der Waals surface area contributed by atoms with Gasteiger partial charge in [0.05, 0.1) is 27.8 Å². The molecule has 0 unspecified atom stereocenters. The number of nitrogens with zero attached hydrogens (tertiary/aromatic N) is 1. The van der Waals surface area contributed by atoms with Crippen LogP contribution in [0.15, 0.2) is 57.0 Å². The zero-order chi connectivity index (χ0) is 25.4. The van der Waals surface area contributed by atoms with Crippen molar-refractivity contribution < 1.29 is 35.8 Å². The molecule has 0 atom stereocenters. The Balaban J connectivity index is 0.000000302. The Kier molecular flexibility index (Phi) is 6.13. The Morgan fingerprint density at radius 3 is 1.97 bits per heavy atom. The van der Waals surface area contributed by atoms with Gasteiger partial charge in [0.15, 0.2) is 0 Å². The maximum absolute atomic E-state index is 12.8. The van der Waals surface area contributed by atoms with E-state index in [0.717, 1.165) is 12.1 Å². The van der Waals surface area contributed by atoms with E-state index in [2.05, 4.69) is 4.98 Å². The van der Waals surface area contributed by atoms with Crippen LogP contribution in [0.4, 0.5) is 30.7 Å². The number of H-pyrrole nitrogens is 3. The fourth-order valence-electron chi connectivity index (χ4n) is 2.80. The number of alkyl halides is 6. The number of halogens is 7. The summed E-state index contributed by atoms with van der Waals surface area (Å²) in [6.07, 6.45) is -8.66. The maximum atomic E-state index is 12.8. The molecule has 2 heterocycles. The summed E-state index contributed by atoms with van der Waals surface area (Å²) in [6, 6.07) is 4.22. The van der Waals surface area contributed by atoms with Crippen LogP contribution < -0.4 is 16.9 Å². The van der Waals surface area contributed by atoms with Crippen molar-refractivity contribution in [3.05, 3.63) is 90.9 Å². The van der Waals surface area contributed by atoms with Crippen molar-refractivity contribution in [1.29, 1.82) is 0 Å². The van der Waals surface area contributed by atoms with Gasteiger partial charge in [0.1, 0.15) is 5.75 Å². The number of nitrogens with one attached hydrogen (secondary N) is 3. The fourth-order valence-corrected chi connectivity index (χ4v) is 2.80. The molecular formula is C19H11F7N4O4. The average Bonchev–Trinajstić information content (AvgIpc) is 3.05. The Morgan fingerprint density at radius 2 is 1.41 bits per heavy atom. The van der Waals surface area contributed by atoms with Crippen LogP contribution in [0, 0.1) is 5.82 Å². The summed E-state index contributed by atoms with van der Waals surface area (Å²) in [4.78, 5) is 38.2. The van der Waals surface area contributed by atoms with Crippen LogP contribution in [-0.2, 0) is 12.4 Å². The van der Waals surface area contributed by atoms with Crippen molar-refractivity contribution in [2.45, 2.75) is 12.4 Å². The number of fused-ring (bicyclic) bond motifs is 1. The monoisotopic (exact) mass is 492 g/mol. The van der Waals surface area contributed by atoms with Gasteiger partial charge >= 0.3 is 23.7 Å². The van der Waals surface area contributed by atoms with Crippen LogP contribution in [0.25, 0.3) is 16.7 Å². The summed E-state index contributed by atoms with van der Waals surface area (Å²) >= 11 is 0. The molecule has 0 saturated carbocycles. The highest BCUT2D eigenvalue weighted by Gasteiger charge is 2.33. The van der Waals surface area contributed by atoms with E-state index in [1.54, 1.807) is 4.98 Å². The lowest BCUT2D eigenvalue weighted by Crippen LogP contribution is -2.23. The third-order valence-corrected chi connectivity index (χ3v) is 4.33. The quantitative estimate of drug-likeness (QED) is 0.305. The second-order valence-corrected chi connectivity index (χ2v) is 6.62. The predicted octanol–water partition coefficient (Wildman–Crippen LogP) is 3.26. The number of phenols is 1. The number of benzene rings is 2.